The highest BCUT2D eigenvalue weighted by molar-refractivity contribution is 5.96. The zero-order valence-electron chi connectivity index (χ0n) is 17.8. The van der Waals surface area contributed by atoms with Crippen LogP contribution in [0.25, 0.3) is 0 Å². The Hall–Kier alpha value is -2.95. The van der Waals surface area contributed by atoms with Crippen LogP contribution in [0.3, 0.4) is 0 Å². The number of amides is 1. The molecule has 4 nitrogen and oxygen atoms in total. The van der Waals surface area contributed by atoms with Crippen LogP contribution in [0.1, 0.15) is 55.7 Å². The number of carbonyl (C=O) groups is 2. The van der Waals surface area contributed by atoms with E-state index in [9.17, 15) is 14.0 Å². The summed E-state index contributed by atoms with van der Waals surface area (Å²) >= 11 is 0. The van der Waals surface area contributed by atoms with Gasteiger partial charge in [-0.2, -0.15) is 0 Å². The van der Waals surface area contributed by atoms with Crippen LogP contribution in [-0.2, 0) is 20.9 Å². The number of allylic oxidation sites excluding steroid dienone is 1. The van der Waals surface area contributed by atoms with Crippen LogP contribution in [0.5, 0.6) is 0 Å². The van der Waals surface area contributed by atoms with Gasteiger partial charge in [-0.3, -0.25) is 4.79 Å². The van der Waals surface area contributed by atoms with Crippen molar-refractivity contribution in [3.63, 3.8) is 0 Å². The Morgan fingerprint density at radius 3 is 2.53 bits per heavy atom. The van der Waals surface area contributed by atoms with Gasteiger partial charge in [0.1, 0.15) is 5.82 Å². The molecule has 30 heavy (non-hydrogen) atoms. The highest BCUT2D eigenvalue weighted by Gasteiger charge is 2.38. The van der Waals surface area contributed by atoms with Gasteiger partial charge in [-0.05, 0) is 43.5 Å². The van der Waals surface area contributed by atoms with Crippen molar-refractivity contribution in [1.29, 1.82) is 0 Å². The first-order valence-corrected chi connectivity index (χ1v) is 10.5. The van der Waals surface area contributed by atoms with E-state index in [0.717, 1.165) is 17.5 Å². The number of carbonyl (C=O) groups excluding carboxylic acids is 2. The van der Waals surface area contributed by atoms with Gasteiger partial charge in [0.05, 0.1) is 18.7 Å². The summed E-state index contributed by atoms with van der Waals surface area (Å²) in [6.45, 7) is 6.28. The Labute approximate surface area is 177 Å². The Morgan fingerprint density at radius 2 is 1.90 bits per heavy atom. The minimum Gasteiger partial charge on any atom is -0.463 e. The lowest BCUT2D eigenvalue weighted by Gasteiger charge is -2.36. The Kier molecular flexibility index (Phi) is 7.03. The lowest BCUT2D eigenvalue weighted by atomic mass is 9.82. The van der Waals surface area contributed by atoms with Gasteiger partial charge in [-0.25, -0.2) is 9.18 Å². The van der Waals surface area contributed by atoms with Gasteiger partial charge in [0.25, 0.3) is 0 Å². The lowest BCUT2D eigenvalue weighted by molar-refractivity contribution is -0.140. The van der Waals surface area contributed by atoms with Gasteiger partial charge < -0.3 is 9.64 Å². The molecule has 1 atom stereocenters. The Bertz CT molecular complexity index is 949. The minimum atomic E-state index is -0.386. The molecule has 0 saturated carbocycles. The van der Waals surface area contributed by atoms with Crippen LogP contribution < -0.4 is 0 Å². The third-order valence-electron chi connectivity index (χ3n) is 5.36. The van der Waals surface area contributed by atoms with E-state index >= 15 is 0 Å². The fourth-order valence-electron chi connectivity index (χ4n) is 3.94. The maximum absolute atomic E-state index is 13.7. The molecule has 0 aromatic heterocycles. The third-order valence-corrected chi connectivity index (χ3v) is 5.36. The van der Waals surface area contributed by atoms with Crippen LogP contribution >= 0.6 is 0 Å². The summed E-state index contributed by atoms with van der Waals surface area (Å²) in [4.78, 5) is 27.8. The summed E-state index contributed by atoms with van der Waals surface area (Å²) in [6.07, 6.45) is 1.52. The van der Waals surface area contributed by atoms with Crippen molar-refractivity contribution >= 4 is 11.9 Å². The van der Waals surface area contributed by atoms with Crippen LogP contribution in [0.4, 0.5) is 4.39 Å². The predicted molar refractivity (Wildman–Crippen MR) is 114 cm³/mol. The van der Waals surface area contributed by atoms with E-state index in [-0.39, 0.29) is 43.2 Å². The fourth-order valence-corrected chi connectivity index (χ4v) is 3.94. The van der Waals surface area contributed by atoms with E-state index < -0.39 is 0 Å². The molecule has 2 aromatic carbocycles. The molecule has 158 valence electrons. The van der Waals surface area contributed by atoms with E-state index in [1.54, 1.807) is 24.0 Å². The first-order chi connectivity index (χ1) is 14.4. The second-order valence-corrected chi connectivity index (χ2v) is 7.61. The van der Waals surface area contributed by atoms with Crippen LogP contribution in [0.2, 0.25) is 0 Å². The van der Waals surface area contributed by atoms with Crippen LogP contribution in [-0.4, -0.2) is 23.4 Å². The molecule has 0 bridgehead atoms. The van der Waals surface area contributed by atoms with E-state index in [4.69, 9.17) is 4.74 Å². The summed E-state index contributed by atoms with van der Waals surface area (Å²) in [7, 11) is 0. The zero-order valence-corrected chi connectivity index (χ0v) is 17.8. The van der Waals surface area contributed by atoms with Crippen molar-refractivity contribution in [3.05, 3.63) is 82.3 Å². The number of benzene rings is 2. The van der Waals surface area contributed by atoms with E-state index in [2.05, 4.69) is 0 Å². The number of ether oxygens (including phenoxy) is 1. The quantitative estimate of drug-likeness (QED) is 0.586. The lowest BCUT2D eigenvalue weighted by Crippen LogP contribution is -2.39. The summed E-state index contributed by atoms with van der Waals surface area (Å²) in [6, 6.07) is 14.1. The largest absolute Gasteiger partial charge is 0.463 e. The molecular formula is C25H28FNO3. The van der Waals surface area contributed by atoms with Gasteiger partial charge in [0.2, 0.25) is 5.91 Å². The molecule has 0 N–H and O–H groups in total. The number of aryl methyl sites for hydroxylation is 1. The van der Waals surface area contributed by atoms with Crippen molar-refractivity contribution in [3.8, 4) is 0 Å². The zero-order chi connectivity index (χ0) is 21.7. The molecule has 1 amide bonds. The van der Waals surface area contributed by atoms with Crippen molar-refractivity contribution in [1.82, 2.24) is 4.90 Å². The van der Waals surface area contributed by atoms with Gasteiger partial charge in [0, 0.05) is 18.0 Å². The minimum absolute atomic E-state index is 0.0682. The van der Waals surface area contributed by atoms with Crippen molar-refractivity contribution < 1.29 is 18.7 Å². The molecule has 0 radical (unpaired) electrons. The van der Waals surface area contributed by atoms with E-state index in [0.29, 0.717) is 23.3 Å². The molecule has 0 saturated heterocycles. The SMILES string of the molecule is CCCC1=C(C(=O)OCC)C(c2ccc(C)cc2)CC(=O)N1Cc1cccc(F)c1. The molecule has 3 rings (SSSR count). The van der Waals surface area contributed by atoms with Crippen molar-refractivity contribution in [2.24, 2.45) is 0 Å². The molecule has 1 heterocycles. The number of hydrogen-bond donors (Lipinski definition) is 0. The van der Waals surface area contributed by atoms with Gasteiger partial charge >= 0.3 is 5.97 Å². The van der Waals surface area contributed by atoms with Crippen molar-refractivity contribution in [2.45, 2.75) is 52.5 Å². The number of rotatable bonds is 7. The standard InChI is InChI=1S/C25H28FNO3/c1-4-7-22-24(25(29)30-5-2)21(19-12-10-17(3)11-13-19)15-23(28)27(22)16-18-8-6-9-20(26)14-18/h6,8-14,21H,4-5,7,15-16H2,1-3H3. The number of hydrogen-bond acceptors (Lipinski definition) is 3. The smallest absolute Gasteiger partial charge is 0.336 e. The third kappa shape index (κ3) is 4.78. The number of nitrogens with zero attached hydrogens (tertiary/aromatic N) is 1. The molecule has 1 unspecified atom stereocenters. The maximum Gasteiger partial charge on any atom is 0.336 e. The summed E-state index contributed by atoms with van der Waals surface area (Å²) in [5.41, 5.74) is 3.95. The normalized spacial score (nSPS) is 16.7. The molecule has 1 aliphatic heterocycles. The second kappa shape index (κ2) is 9.70. The van der Waals surface area contributed by atoms with Crippen LogP contribution in [0, 0.1) is 12.7 Å². The van der Waals surface area contributed by atoms with E-state index in [1.165, 1.54) is 12.1 Å². The molecule has 1 aliphatic rings. The Balaban J connectivity index is 2.10. The highest BCUT2D eigenvalue weighted by Crippen LogP contribution is 2.39. The second-order valence-electron chi connectivity index (χ2n) is 7.61. The molecule has 0 spiro atoms. The Morgan fingerprint density at radius 1 is 1.17 bits per heavy atom. The highest BCUT2D eigenvalue weighted by atomic mass is 19.1. The predicted octanol–water partition coefficient (Wildman–Crippen LogP) is 5.27. The molecular weight excluding hydrogens is 381 g/mol. The monoisotopic (exact) mass is 409 g/mol. The molecule has 5 heteroatoms. The molecule has 2 aromatic rings. The summed E-state index contributed by atoms with van der Waals surface area (Å²) in [5.74, 6) is -1.15. The van der Waals surface area contributed by atoms with Crippen LogP contribution in [0.15, 0.2) is 59.8 Å². The van der Waals surface area contributed by atoms with Gasteiger partial charge in [-0.15, -0.1) is 0 Å². The first-order valence-electron chi connectivity index (χ1n) is 10.5. The van der Waals surface area contributed by atoms with Gasteiger partial charge in [0.15, 0.2) is 0 Å². The topological polar surface area (TPSA) is 46.6 Å². The van der Waals surface area contributed by atoms with E-state index in [1.807, 2.05) is 38.1 Å². The number of halogens is 1. The molecule has 0 aliphatic carbocycles. The molecule has 0 fully saturated rings. The van der Waals surface area contributed by atoms with Crippen molar-refractivity contribution in [2.75, 3.05) is 6.61 Å². The average Bonchev–Trinajstić information content (AvgIpc) is 2.71. The summed E-state index contributed by atoms with van der Waals surface area (Å²) in [5, 5.41) is 0. The van der Waals surface area contributed by atoms with Gasteiger partial charge in [-0.1, -0.05) is 55.3 Å². The average molecular weight is 410 g/mol. The summed E-state index contributed by atoms with van der Waals surface area (Å²) < 4.78 is 19.1. The first kappa shape index (κ1) is 21.8. The maximum atomic E-state index is 13.7. The number of esters is 1. The fraction of sp³-hybridized carbons (Fsp3) is 0.360.